The minimum absolute atomic E-state index is 0.126. The van der Waals surface area contributed by atoms with Crippen LogP contribution in [-0.2, 0) is 0 Å². The lowest BCUT2D eigenvalue weighted by Crippen LogP contribution is -2.44. The van der Waals surface area contributed by atoms with Gasteiger partial charge in [0.25, 0.3) is 0 Å². The predicted octanol–water partition coefficient (Wildman–Crippen LogP) is 2.32. The Hall–Kier alpha value is -0.110. The van der Waals surface area contributed by atoms with Crippen LogP contribution in [0, 0.1) is 11.3 Å². The number of hydrogen-bond donors (Lipinski definition) is 0. The van der Waals surface area contributed by atoms with Gasteiger partial charge in [0, 0.05) is 6.54 Å². The molecule has 1 fully saturated rings. The van der Waals surface area contributed by atoms with Gasteiger partial charge in [-0.25, -0.2) is 4.39 Å². The van der Waals surface area contributed by atoms with Crippen molar-refractivity contribution < 1.29 is 4.39 Å². The van der Waals surface area contributed by atoms with Crippen LogP contribution in [0.5, 0.6) is 0 Å². The zero-order chi connectivity index (χ0) is 9.35. The first-order chi connectivity index (χ1) is 5.41. The van der Waals surface area contributed by atoms with E-state index in [2.05, 4.69) is 25.7 Å². The highest BCUT2D eigenvalue weighted by molar-refractivity contribution is 4.86. The fourth-order valence-electron chi connectivity index (χ4n) is 2.03. The topological polar surface area (TPSA) is 3.24 Å². The molecule has 0 radical (unpaired) electrons. The smallest absolute Gasteiger partial charge is 0.116 e. The molecule has 1 aliphatic rings. The second kappa shape index (κ2) is 3.33. The van der Waals surface area contributed by atoms with Gasteiger partial charge in [0.05, 0.1) is 0 Å². The quantitative estimate of drug-likeness (QED) is 0.543. The van der Waals surface area contributed by atoms with Crippen molar-refractivity contribution in [2.75, 3.05) is 20.1 Å². The molecule has 0 bridgehead atoms. The van der Waals surface area contributed by atoms with E-state index in [0.29, 0.717) is 6.54 Å². The van der Waals surface area contributed by atoms with E-state index in [1.54, 1.807) is 0 Å². The summed E-state index contributed by atoms with van der Waals surface area (Å²) in [5.74, 6) is 0.244. The van der Waals surface area contributed by atoms with Crippen LogP contribution in [0.1, 0.15) is 27.2 Å². The lowest BCUT2D eigenvalue weighted by Gasteiger charge is -2.39. The molecule has 2 heteroatoms. The summed E-state index contributed by atoms with van der Waals surface area (Å²) in [6.07, 6.45) is 0.366. The summed E-state index contributed by atoms with van der Waals surface area (Å²) in [5.41, 5.74) is 0.126. The van der Waals surface area contributed by atoms with Gasteiger partial charge in [-0.15, -0.1) is 0 Å². The Bertz CT molecular complexity index is 150. The minimum atomic E-state index is -0.635. The third-order valence-corrected chi connectivity index (χ3v) is 2.86. The normalized spacial score (nSPS) is 33.8. The van der Waals surface area contributed by atoms with Crippen LogP contribution in [0.25, 0.3) is 0 Å². The van der Waals surface area contributed by atoms with Crippen LogP contribution in [-0.4, -0.2) is 31.2 Å². The first kappa shape index (κ1) is 9.97. The molecule has 12 heavy (non-hydrogen) atoms. The van der Waals surface area contributed by atoms with Crippen molar-refractivity contribution in [1.82, 2.24) is 4.90 Å². The standard InChI is InChI=1S/C10H20FN/c1-10(2,3)8-5-6-12(4)7-9(8)11/h8-9H,5-7H2,1-4H3. The number of likely N-dealkylation sites (tertiary alicyclic amines) is 1. The summed E-state index contributed by atoms with van der Waals surface area (Å²) in [5, 5.41) is 0. The maximum Gasteiger partial charge on any atom is 0.116 e. The first-order valence-corrected chi connectivity index (χ1v) is 4.74. The van der Waals surface area contributed by atoms with Gasteiger partial charge in [0.15, 0.2) is 0 Å². The van der Waals surface area contributed by atoms with E-state index in [1.807, 2.05) is 7.05 Å². The fourth-order valence-corrected chi connectivity index (χ4v) is 2.03. The predicted molar refractivity (Wildman–Crippen MR) is 50.0 cm³/mol. The van der Waals surface area contributed by atoms with Crippen LogP contribution in [0.2, 0.25) is 0 Å². The molecular formula is C10H20FN. The first-order valence-electron chi connectivity index (χ1n) is 4.74. The summed E-state index contributed by atoms with van der Waals surface area (Å²) in [4.78, 5) is 2.08. The molecule has 1 heterocycles. The summed E-state index contributed by atoms with van der Waals surface area (Å²) < 4.78 is 13.6. The molecular weight excluding hydrogens is 153 g/mol. The van der Waals surface area contributed by atoms with Crippen molar-refractivity contribution in [2.45, 2.75) is 33.4 Å². The van der Waals surface area contributed by atoms with Crippen LogP contribution in [0.15, 0.2) is 0 Å². The van der Waals surface area contributed by atoms with E-state index >= 15 is 0 Å². The molecule has 1 rings (SSSR count). The number of nitrogens with zero attached hydrogens (tertiary/aromatic N) is 1. The fraction of sp³-hybridized carbons (Fsp3) is 1.00. The molecule has 2 atom stereocenters. The monoisotopic (exact) mass is 173 g/mol. The summed E-state index contributed by atoms with van der Waals surface area (Å²) in [7, 11) is 1.99. The maximum absolute atomic E-state index is 13.6. The highest BCUT2D eigenvalue weighted by Gasteiger charge is 2.35. The minimum Gasteiger partial charge on any atom is -0.303 e. The van der Waals surface area contributed by atoms with Gasteiger partial charge < -0.3 is 4.90 Å². The second-order valence-corrected chi connectivity index (χ2v) is 5.04. The lowest BCUT2D eigenvalue weighted by molar-refractivity contribution is 0.0370. The molecule has 0 aromatic heterocycles. The zero-order valence-corrected chi connectivity index (χ0v) is 8.60. The highest BCUT2D eigenvalue weighted by Crippen LogP contribution is 2.35. The van der Waals surface area contributed by atoms with E-state index < -0.39 is 6.17 Å². The number of halogens is 1. The van der Waals surface area contributed by atoms with E-state index in [-0.39, 0.29) is 11.3 Å². The van der Waals surface area contributed by atoms with E-state index in [4.69, 9.17) is 0 Å². The lowest BCUT2D eigenvalue weighted by atomic mass is 9.74. The Kier molecular flexibility index (Phi) is 2.77. The Morgan fingerprint density at radius 3 is 2.33 bits per heavy atom. The van der Waals surface area contributed by atoms with E-state index in [0.717, 1.165) is 13.0 Å². The van der Waals surface area contributed by atoms with Crippen molar-refractivity contribution in [2.24, 2.45) is 11.3 Å². The average Bonchev–Trinajstić information content (AvgIpc) is 1.83. The second-order valence-electron chi connectivity index (χ2n) is 5.04. The molecule has 72 valence electrons. The van der Waals surface area contributed by atoms with Gasteiger partial charge in [0.2, 0.25) is 0 Å². The molecule has 1 saturated heterocycles. The van der Waals surface area contributed by atoms with Crippen molar-refractivity contribution >= 4 is 0 Å². The Morgan fingerprint density at radius 2 is 1.92 bits per heavy atom. The molecule has 0 amide bonds. The van der Waals surface area contributed by atoms with Crippen LogP contribution < -0.4 is 0 Å². The van der Waals surface area contributed by atoms with Crippen LogP contribution in [0.4, 0.5) is 4.39 Å². The average molecular weight is 173 g/mol. The Labute approximate surface area is 74.9 Å². The number of hydrogen-bond acceptors (Lipinski definition) is 1. The Morgan fingerprint density at radius 1 is 1.33 bits per heavy atom. The molecule has 0 N–H and O–H groups in total. The molecule has 0 spiro atoms. The molecule has 0 saturated carbocycles. The SMILES string of the molecule is CN1CCC(C(C)(C)C)C(F)C1. The zero-order valence-electron chi connectivity index (χ0n) is 8.60. The van der Waals surface area contributed by atoms with Gasteiger partial charge in [-0.3, -0.25) is 0 Å². The van der Waals surface area contributed by atoms with Crippen molar-refractivity contribution in [1.29, 1.82) is 0 Å². The summed E-state index contributed by atoms with van der Waals surface area (Å²) in [6, 6.07) is 0. The molecule has 1 nitrogen and oxygen atoms in total. The van der Waals surface area contributed by atoms with Crippen molar-refractivity contribution in [3.05, 3.63) is 0 Å². The maximum atomic E-state index is 13.6. The Balaban J connectivity index is 2.57. The van der Waals surface area contributed by atoms with Crippen LogP contribution >= 0.6 is 0 Å². The molecule has 2 unspecified atom stereocenters. The molecule has 0 aromatic carbocycles. The van der Waals surface area contributed by atoms with E-state index in [1.165, 1.54) is 0 Å². The van der Waals surface area contributed by atoms with E-state index in [9.17, 15) is 4.39 Å². The summed E-state index contributed by atoms with van der Waals surface area (Å²) in [6.45, 7) is 8.06. The van der Waals surface area contributed by atoms with Gasteiger partial charge in [-0.05, 0) is 31.3 Å². The van der Waals surface area contributed by atoms with Crippen molar-refractivity contribution in [3.63, 3.8) is 0 Å². The molecule has 0 aromatic rings. The van der Waals surface area contributed by atoms with Gasteiger partial charge in [-0.1, -0.05) is 20.8 Å². The van der Waals surface area contributed by atoms with Gasteiger partial charge in [0.1, 0.15) is 6.17 Å². The van der Waals surface area contributed by atoms with Gasteiger partial charge in [-0.2, -0.15) is 0 Å². The number of piperidine rings is 1. The van der Waals surface area contributed by atoms with Crippen LogP contribution in [0.3, 0.4) is 0 Å². The van der Waals surface area contributed by atoms with Gasteiger partial charge >= 0.3 is 0 Å². The molecule has 1 aliphatic heterocycles. The summed E-state index contributed by atoms with van der Waals surface area (Å²) >= 11 is 0. The number of rotatable bonds is 0. The third kappa shape index (κ3) is 2.19. The largest absolute Gasteiger partial charge is 0.303 e. The highest BCUT2D eigenvalue weighted by atomic mass is 19.1. The number of alkyl halides is 1. The molecule has 0 aliphatic carbocycles. The third-order valence-electron chi connectivity index (χ3n) is 2.86. The van der Waals surface area contributed by atoms with Crippen molar-refractivity contribution in [3.8, 4) is 0 Å².